The summed E-state index contributed by atoms with van der Waals surface area (Å²) in [6.07, 6.45) is 0.592. The summed E-state index contributed by atoms with van der Waals surface area (Å²) in [5.41, 5.74) is 6.92. The summed E-state index contributed by atoms with van der Waals surface area (Å²) < 4.78 is 26.4. The molecule has 0 atom stereocenters. The second kappa shape index (κ2) is 6.08. The van der Waals surface area contributed by atoms with Crippen LogP contribution in [0.25, 0.3) is 0 Å². The largest absolute Gasteiger partial charge is 0.389 e. The molecule has 0 spiro atoms. The van der Waals surface area contributed by atoms with E-state index < -0.39 is 10.0 Å². The van der Waals surface area contributed by atoms with E-state index in [0.717, 1.165) is 0 Å². The van der Waals surface area contributed by atoms with Crippen molar-refractivity contribution in [2.45, 2.75) is 18.2 Å². The predicted molar refractivity (Wildman–Crippen MR) is 83.5 cm³/mol. The first kappa shape index (κ1) is 15.9. The molecule has 21 heavy (non-hydrogen) atoms. The molecule has 0 aromatic heterocycles. The lowest BCUT2D eigenvalue weighted by Crippen LogP contribution is -2.37. The Balaban J connectivity index is 2.37. The maximum absolute atomic E-state index is 12.6. The highest BCUT2D eigenvalue weighted by molar-refractivity contribution is 7.89. The second-order valence-corrected chi connectivity index (χ2v) is 7.26. The molecule has 6 nitrogen and oxygen atoms in total. The monoisotopic (exact) mass is 327 g/mol. The van der Waals surface area contributed by atoms with Crippen molar-refractivity contribution in [1.29, 1.82) is 0 Å². The maximum atomic E-state index is 12.6. The Morgan fingerprint density at radius 3 is 2.76 bits per heavy atom. The minimum absolute atomic E-state index is 0.148. The molecular formula is C13H17N3O3S2. The van der Waals surface area contributed by atoms with Gasteiger partial charge in [-0.25, -0.2) is 8.42 Å². The van der Waals surface area contributed by atoms with Crippen LogP contribution in [0.1, 0.15) is 17.5 Å². The van der Waals surface area contributed by atoms with Crippen LogP contribution in [-0.2, 0) is 14.8 Å². The number of thiocarbonyl (C=S) groups is 1. The number of carbonyl (C=O) groups is 1. The molecule has 1 fully saturated rings. The molecule has 8 heteroatoms. The number of nitrogens with one attached hydrogen (secondary N) is 1. The molecule has 1 aromatic rings. The molecule has 1 aromatic carbocycles. The van der Waals surface area contributed by atoms with E-state index >= 15 is 0 Å². The van der Waals surface area contributed by atoms with E-state index in [1.165, 1.54) is 16.4 Å². The number of carbonyl (C=O) groups excluding carboxylic acids is 1. The van der Waals surface area contributed by atoms with Gasteiger partial charge in [0.15, 0.2) is 0 Å². The van der Waals surface area contributed by atoms with Gasteiger partial charge in [0.2, 0.25) is 15.9 Å². The van der Waals surface area contributed by atoms with Gasteiger partial charge in [-0.2, -0.15) is 4.31 Å². The number of rotatable bonds is 3. The third-order valence-electron chi connectivity index (χ3n) is 3.33. The third-order valence-corrected chi connectivity index (χ3v) is 5.39. The zero-order chi connectivity index (χ0) is 15.6. The smallest absolute Gasteiger partial charge is 0.243 e. The number of sulfonamides is 1. The van der Waals surface area contributed by atoms with Crippen molar-refractivity contribution in [1.82, 2.24) is 9.62 Å². The molecule has 114 valence electrons. The van der Waals surface area contributed by atoms with Crippen LogP contribution >= 0.6 is 12.2 Å². The van der Waals surface area contributed by atoms with Gasteiger partial charge in [-0.15, -0.1) is 0 Å². The van der Waals surface area contributed by atoms with Crippen molar-refractivity contribution in [2.75, 3.05) is 19.6 Å². The molecule has 0 radical (unpaired) electrons. The van der Waals surface area contributed by atoms with Crippen molar-refractivity contribution in [3.63, 3.8) is 0 Å². The van der Waals surface area contributed by atoms with Crippen molar-refractivity contribution in [2.24, 2.45) is 5.73 Å². The van der Waals surface area contributed by atoms with Crippen LogP contribution in [0.2, 0.25) is 0 Å². The summed E-state index contributed by atoms with van der Waals surface area (Å²) in [5, 5.41) is 2.65. The SMILES string of the molecule is Cc1cc(S(=O)(=O)N2CCCNC(=O)C2)ccc1C(N)=S. The highest BCUT2D eigenvalue weighted by atomic mass is 32.2. The predicted octanol–water partition coefficient (Wildman–Crippen LogP) is 0.140. The molecule has 2 rings (SSSR count). The van der Waals surface area contributed by atoms with Gasteiger partial charge >= 0.3 is 0 Å². The van der Waals surface area contributed by atoms with E-state index in [4.69, 9.17) is 18.0 Å². The second-order valence-electron chi connectivity index (χ2n) is 4.88. The molecule has 0 saturated carbocycles. The van der Waals surface area contributed by atoms with Gasteiger partial charge in [0.1, 0.15) is 4.99 Å². The van der Waals surface area contributed by atoms with Gasteiger partial charge in [-0.1, -0.05) is 18.3 Å². The first-order valence-corrected chi connectivity index (χ1v) is 8.34. The maximum Gasteiger partial charge on any atom is 0.243 e. The summed E-state index contributed by atoms with van der Waals surface area (Å²) >= 11 is 4.91. The Bertz CT molecular complexity index is 686. The average Bonchev–Trinajstić information content (AvgIpc) is 2.63. The summed E-state index contributed by atoms with van der Waals surface area (Å²) in [6.45, 7) is 2.41. The number of amides is 1. The summed E-state index contributed by atoms with van der Waals surface area (Å²) in [4.78, 5) is 11.9. The van der Waals surface area contributed by atoms with Crippen LogP contribution in [-0.4, -0.2) is 43.3 Å². The average molecular weight is 327 g/mol. The van der Waals surface area contributed by atoms with Crippen LogP contribution in [0, 0.1) is 6.92 Å². The lowest BCUT2D eigenvalue weighted by molar-refractivity contribution is -0.120. The van der Waals surface area contributed by atoms with E-state index in [-0.39, 0.29) is 22.3 Å². The first-order valence-electron chi connectivity index (χ1n) is 6.49. The van der Waals surface area contributed by atoms with E-state index in [1.54, 1.807) is 13.0 Å². The van der Waals surface area contributed by atoms with Gasteiger partial charge in [-0.3, -0.25) is 4.79 Å². The zero-order valence-electron chi connectivity index (χ0n) is 11.6. The Kier molecular flexibility index (Phi) is 4.60. The van der Waals surface area contributed by atoms with E-state index in [9.17, 15) is 13.2 Å². The number of hydrogen-bond donors (Lipinski definition) is 2. The Morgan fingerprint density at radius 2 is 2.14 bits per heavy atom. The highest BCUT2D eigenvalue weighted by Gasteiger charge is 2.28. The number of nitrogens with zero attached hydrogens (tertiary/aromatic N) is 1. The lowest BCUT2D eigenvalue weighted by atomic mass is 10.1. The Hall–Kier alpha value is -1.51. The van der Waals surface area contributed by atoms with Gasteiger partial charge < -0.3 is 11.1 Å². The molecule has 3 N–H and O–H groups in total. The number of nitrogens with two attached hydrogens (primary N) is 1. The van der Waals surface area contributed by atoms with Crippen LogP contribution in [0.5, 0.6) is 0 Å². The lowest BCUT2D eigenvalue weighted by Gasteiger charge is -2.19. The molecule has 1 heterocycles. The van der Waals surface area contributed by atoms with E-state index in [0.29, 0.717) is 30.6 Å². The summed E-state index contributed by atoms with van der Waals surface area (Å²) in [5.74, 6) is -0.285. The van der Waals surface area contributed by atoms with Gasteiger partial charge in [0, 0.05) is 18.7 Å². The normalized spacial score (nSPS) is 17.1. The number of benzene rings is 1. The highest BCUT2D eigenvalue weighted by Crippen LogP contribution is 2.20. The van der Waals surface area contributed by atoms with Gasteiger partial charge in [0.25, 0.3) is 0 Å². The van der Waals surface area contributed by atoms with Crippen LogP contribution in [0.3, 0.4) is 0 Å². The van der Waals surface area contributed by atoms with E-state index in [2.05, 4.69) is 5.32 Å². The molecular weight excluding hydrogens is 310 g/mol. The number of hydrogen-bond acceptors (Lipinski definition) is 4. The molecule has 1 aliphatic rings. The topological polar surface area (TPSA) is 92.5 Å². The van der Waals surface area contributed by atoms with Crippen LogP contribution in [0.4, 0.5) is 0 Å². The molecule has 0 unspecified atom stereocenters. The van der Waals surface area contributed by atoms with Crippen molar-refractivity contribution in [3.8, 4) is 0 Å². The fourth-order valence-electron chi connectivity index (χ4n) is 2.21. The molecule has 1 saturated heterocycles. The quantitative estimate of drug-likeness (QED) is 0.771. The van der Waals surface area contributed by atoms with E-state index in [1.807, 2.05) is 0 Å². The molecule has 1 aliphatic heterocycles. The first-order chi connectivity index (χ1) is 9.82. The van der Waals surface area contributed by atoms with Crippen molar-refractivity contribution < 1.29 is 13.2 Å². The van der Waals surface area contributed by atoms with Crippen molar-refractivity contribution in [3.05, 3.63) is 29.3 Å². The Morgan fingerprint density at radius 1 is 1.43 bits per heavy atom. The summed E-state index contributed by atoms with van der Waals surface area (Å²) in [6, 6.07) is 4.61. The fourth-order valence-corrected chi connectivity index (χ4v) is 3.96. The zero-order valence-corrected chi connectivity index (χ0v) is 13.3. The van der Waals surface area contributed by atoms with Crippen molar-refractivity contribution >= 4 is 33.1 Å². The minimum Gasteiger partial charge on any atom is -0.389 e. The minimum atomic E-state index is -3.69. The van der Waals surface area contributed by atoms with Gasteiger partial charge in [0.05, 0.1) is 11.4 Å². The molecule has 0 aliphatic carbocycles. The third kappa shape index (κ3) is 3.39. The number of aryl methyl sites for hydroxylation is 1. The van der Waals surface area contributed by atoms with Gasteiger partial charge in [-0.05, 0) is 31.0 Å². The van der Waals surface area contributed by atoms with Crippen LogP contribution in [0.15, 0.2) is 23.1 Å². The Labute approximate surface area is 129 Å². The van der Waals surface area contributed by atoms with Crippen LogP contribution < -0.4 is 11.1 Å². The molecule has 0 bridgehead atoms. The summed E-state index contributed by atoms with van der Waals surface area (Å²) in [7, 11) is -3.69. The standard InChI is InChI=1S/C13H17N3O3S2/c1-9-7-10(3-4-11(9)13(14)20)21(18,19)16-6-2-5-15-12(17)8-16/h3-4,7H,2,5-6,8H2,1H3,(H2,14,20)(H,15,17). The molecule has 1 amide bonds. The fraction of sp³-hybridized carbons (Fsp3) is 0.385.